The monoisotopic (exact) mass is 857 g/mol. The number of carbonyl (C=O) groups is 5. The number of hydrogen-bond donors (Lipinski definition) is 3. The lowest BCUT2D eigenvalue weighted by Crippen LogP contribution is -2.62. The maximum Gasteiger partial charge on any atom is 0.303 e. The summed E-state index contributed by atoms with van der Waals surface area (Å²) in [4.78, 5) is 76.9. The molecular weight excluding hydrogens is 781 g/mol. The van der Waals surface area contributed by atoms with Gasteiger partial charge in [0.05, 0.1) is 17.5 Å². The number of fused-ring (bicyclic) bond motifs is 1. The molecule has 60 heavy (non-hydrogen) atoms. The Kier molecular flexibility index (Phi) is 13.2. The van der Waals surface area contributed by atoms with Crippen LogP contribution in [0.5, 0.6) is 0 Å². The van der Waals surface area contributed by atoms with Crippen molar-refractivity contribution in [2.24, 2.45) is 38.9 Å². The first-order chi connectivity index (χ1) is 28.1. The number of ketones is 1. The molecule has 4 amide bonds. The van der Waals surface area contributed by atoms with Gasteiger partial charge in [0, 0.05) is 37.5 Å². The van der Waals surface area contributed by atoms with E-state index in [0.29, 0.717) is 13.0 Å². The Morgan fingerprint density at radius 3 is 2.02 bits per heavy atom. The summed E-state index contributed by atoms with van der Waals surface area (Å²) in [6.45, 7) is 23.3. The number of nitrogens with zero attached hydrogens (tertiary/aromatic N) is 3. The molecule has 6 rings (SSSR count). The third kappa shape index (κ3) is 8.01. The number of likely N-dealkylation sites (tertiary alicyclic amines) is 2. The van der Waals surface area contributed by atoms with Gasteiger partial charge in [-0.25, -0.2) is 4.72 Å². The minimum atomic E-state index is -4.13. The van der Waals surface area contributed by atoms with Gasteiger partial charge in [-0.3, -0.25) is 28.9 Å². The van der Waals surface area contributed by atoms with Crippen LogP contribution in [0.1, 0.15) is 152 Å². The summed E-state index contributed by atoms with van der Waals surface area (Å²) in [7, 11) is -4.13. The highest BCUT2D eigenvalue weighted by atomic mass is 32.2. The second-order valence-corrected chi connectivity index (χ2v) is 22.9. The molecule has 0 aromatic rings. The summed E-state index contributed by atoms with van der Waals surface area (Å²) in [5.74, 6) is -2.29. The Morgan fingerprint density at radius 1 is 0.867 bits per heavy atom. The first-order valence-electron chi connectivity index (χ1n) is 23.2. The average Bonchev–Trinajstić information content (AvgIpc) is 3.90. The number of hydrogen-bond acceptors (Lipinski definition) is 8. The molecule has 2 heterocycles. The molecule has 7 atom stereocenters. The average molecular weight is 857 g/mol. The topological polar surface area (TPSA) is 165 Å². The fraction of sp³-hybridized carbons (Fsp3) is 0.848. The molecule has 6 aliphatic rings. The van der Waals surface area contributed by atoms with Gasteiger partial charge in [0.25, 0.3) is 0 Å². The normalized spacial score (nSPS) is 31.1. The predicted molar refractivity (Wildman–Crippen MR) is 232 cm³/mol. The molecule has 2 aliphatic heterocycles. The molecule has 4 saturated carbocycles. The highest BCUT2D eigenvalue weighted by molar-refractivity contribution is 7.87. The lowest BCUT2D eigenvalue weighted by Gasteiger charge is -2.40. The number of allylic oxidation sites excluding steroid dienone is 1. The second kappa shape index (κ2) is 17.0. The van der Waals surface area contributed by atoms with Crippen LogP contribution in [0.2, 0.25) is 0 Å². The van der Waals surface area contributed by atoms with Crippen LogP contribution < -0.4 is 15.4 Å². The van der Waals surface area contributed by atoms with E-state index in [1.807, 2.05) is 20.8 Å². The van der Waals surface area contributed by atoms with Crippen LogP contribution in [0.4, 0.5) is 0 Å². The summed E-state index contributed by atoms with van der Waals surface area (Å²) >= 11 is 0. The standard InChI is InChI=1S/C46H76N6O7S/c1-11-32-26-44(32,41(57)49-60(58,59)50(12-2)13-3)28-35(53)34-27-46(43(9,10)45(46)23-19-24-45)29-52(34)40(56)37(42(6,7)8)48-39(55)36(31-20-15-14-16-21-31)47-38(54)33-22-17-18-25-51(33)30(4)5/h11,30-34,36-37H,1,12-29H2,2-10H3,(H,47,54)(H,48,55)(H,49,57)/t32-,33+,34+,36?,37-,44-,46-/m1/s1. The number of nitrogens with one attached hydrogen (secondary N) is 3. The van der Waals surface area contributed by atoms with Gasteiger partial charge < -0.3 is 15.5 Å². The first-order valence-corrected chi connectivity index (χ1v) is 24.7. The number of Topliss-reactive ketones (excluding diaryl/α,β-unsaturated/α-hetero) is 1. The van der Waals surface area contributed by atoms with Gasteiger partial charge in [-0.15, -0.1) is 6.58 Å². The Balaban J connectivity index is 1.28. The fourth-order valence-corrected chi connectivity index (χ4v) is 13.8. The summed E-state index contributed by atoms with van der Waals surface area (Å²) in [6, 6.07) is -2.78. The van der Waals surface area contributed by atoms with Crippen LogP contribution in [-0.4, -0.2) is 108 Å². The maximum absolute atomic E-state index is 15.3. The van der Waals surface area contributed by atoms with E-state index in [1.165, 1.54) is 4.31 Å². The fourth-order valence-electron chi connectivity index (χ4n) is 12.6. The molecule has 0 aromatic carbocycles. The van der Waals surface area contributed by atoms with Gasteiger partial charge in [-0.1, -0.05) is 86.6 Å². The number of amides is 4. The van der Waals surface area contributed by atoms with E-state index in [0.717, 1.165) is 77.2 Å². The number of carbonyl (C=O) groups excluding carboxylic acids is 5. The van der Waals surface area contributed by atoms with Gasteiger partial charge >= 0.3 is 10.2 Å². The van der Waals surface area contributed by atoms with E-state index in [2.05, 4.69) is 54.5 Å². The van der Waals surface area contributed by atoms with Crippen molar-refractivity contribution in [1.82, 2.24) is 29.5 Å². The zero-order valence-electron chi connectivity index (χ0n) is 38.2. The van der Waals surface area contributed by atoms with Crippen molar-refractivity contribution in [3.8, 4) is 0 Å². The summed E-state index contributed by atoms with van der Waals surface area (Å²) < 4.78 is 29.8. The van der Waals surface area contributed by atoms with Crippen LogP contribution in [0.15, 0.2) is 12.7 Å². The molecule has 3 N–H and O–H groups in total. The molecule has 1 unspecified atom stereocenters. The largest absolute Gasteiger partial charge is 0.343 e. The van der Waals surface area contributed by atoms with Crippen molar-refractivity contribution >= 4 is 39.6 Å². The van der Waals surface area contributed by atoms with Gasteiger partial charge in [0.2, 0.25) is 23.6 Å². The minimum absolute atomic E-state index is 0.00349. The van der Waals surface area contributed by atoms with E-state index in [9.17, 15) is 27.6 Å². The smallest absolute Gasteiger partial charge is 0.303 e. The number of rotatable bonds is 16. The molecule has 13 nitrogen and oxygen atoms in total. The zero-order chi connectivity index (χ0) is 44.2. The second-order valence-electron chi connectivity index (χ2n) is 21.2. The summed E-state index contributed by atoms with van der Waals surface area (Å²) in [5.41, 5.74) is -2.47. The van der Waals surface area contributed by atoms with E-state index in [-0.39, 0.29) is 83.7 Å². The van der Waals surface area contributed by atoms with E-state index in [1.54, 1.807) is 24.8 Å². The quantitative estimate of drug-likeness (QED) is 0.172. The van der Waals surface area contributed by atoms with Gasteiger partial charge in [-0.2, -0.15) is 12.7 Å². The van der Waals surface area contributed by atoms with Crippen LogP contribution >= 0.6 is 0 Å². The van der Waals surface area contributed by atoms with Crippen molar-refractivity contribution in [2.45, 2.75) is 182 Å². The van der Waals surface area contributed by atoms with Gasteiger partial charge in [0.1, 0.15) is 12.1 Å². The van der Waals surface area contributed by atoms with Gasteiger partial charge in [0.15, 0.2) is 5.78 Å². The third-order valence-corrected chi connectivity index (χ3v) is 18.3. The van der Waals surface area contributed by atoms with Crippen LogP contribution in [0, 0.1) is 38.9 Å². The maximum atomic E-state index is 15.3. The molecule has 4 aliphatic carbocycles. The van der Waals surface area contributed by atoms with Crippen molar-refractivity contribution in [3.63, 3.8) is 0 Å². The lowest BCUT2D eigenvalue weighted by molar-refractivity contribution is -0.145. The number of piperidine rings is 1. The Labute approximate surface area is 360 Å². The molecule has 14 heteroatoms. The zero-order valence-corrected chi connectivity index (χ0v) is 39.0. The highest BCUT2D eigenvalue weighted by Crippen LogP contribution is 2.88. The van der Waals surface area contributed by atoms with Crippen molar-refractivity contribution in [3.05, 3.63) is 12.7 Å². The van der Waals surface area contributed by atoms with E-state index in [4.69, 9.17) is 0 Å². The molecule has 0 aromatic heterocycles. The molecule has 338 valence electrons. The third-order valence-electron chi connectivity index (χ3n) is 16.7. The van der Waals surface area contributed by atoms with E-state index >= 15 is 4.79 Å². The molecule has 0 radical (unpaired) electrons. The lowest BCUT2D eigenvalue weighted by atomic mass is 9.73. The minimum Gasteiger partial charge on any atom is -0.343 e. The SMILES string of the molecule is C=C[C@@H]1C[C@]1(CC(=O)[C@@H]1C[C@@]2(CN1C(=O)[C@@H](NC(=O)C(NC(=O)[C@@H]1CCCCN1C(C)C)C1CCCCC1)C(C)(C)C)C(C)(C)C21CCC1)C(=O)NS(=O)(=O)N(CC)CC. The van der Waals surface area contributed by atoms with Crippen molar-refractivity contribution in [1.29, 1.82) is 0 Å². The van der Waals surface area contributed by atoms with Crippen LogP contribution in [0.3, 0.4) is 0 Å². The highest BCUT2D eigenvalue weighted by Gasteiger charge is 2.85. The van der Waals surface area contributed by atoms with E-state index < -0.39 is 51.0 Å². The summed E-state index contributed by atoms with van der Waals surface area (Å²) in [6.07, 6.45) is 12.6. The Morgan fingerprint density at radius 2 is 1.50 bits per heavy atom. The first kappa shape index (κ1) is 46.7. The van der Waals surface area contributed by atoms with Crippen molar-refractivity contribution < 1.29 is 32.4 Å². The van der Waals surface area contributed by atoms with Crippen LogP contribution in [0.25, 0.3) is 0 Å². The molecular formula is C46H76N6O7S. The molecule has 2 saturated heterocycles. The Bertz CT molecular complexity index is 1790. The van der Waals surface area contributed by atoms with Gasteiger partial charge in [-0.05, 0) is 99.8 Å². The van der Waals surface area contributed by atoms with Crippen LogP contribution in [-0.2, 0) is 34.2 Å². The molecule has 2 spiro atoms. The molecule has 6 fully saturated rings. The predicted octanol–water partition coefficient (Wildman–Crippen LogP) is 5.50. The van der Waals surface area contributed by atoms with Crippen molar-refractivity contribution in [2.75, 3.05) is 26.2 Å². The summed E-state index contributed by atoms with van der Waals surface area (Å²) in [5, 5.41) is 6.39. The molecule has 0 bridgehead atoms. The Hall–Kier alpha value is -2.84.